The van der Waals surface area contributed by atoms with E-state index in [9.17, 15) is 4.39 Å². The SMILES string of the molecule is CCNC(c1ccccc1)c1cccc(Br)c1F. The first-order valence-corrected chi connectivity index (χ1v) is 6.75. The molecule has 0 spiro atoms. The zero-order valence-corrected chi connectivity index (χ0v) is 11.7. The summed E-state index contributed by atoms with van der Waals surface area (Å²) in [5.41, 5.74) is 1.73. The van der Waals surface area contributed by atoms with Crippen LogP contribution in [0.5, 0.6) is 0 Å². The van der Waals surface area contributed by atoms with Gasteiger partial charge >= 0.3 is 0 Å². The van der Waals surface area contributed by atoms with E-state index in [2.05, 4.69) is 21.2 Å². The lowest BCUT2D eigenvalue weighted by Crippen LogP contribution is -2.23. The van der Waals surface area contributed by atoms with Crippen molar-refractivity contribution in [2.75, 3.05) is 6.54 Å². The highest BCUT2D eigenvalue weighted by atomic mass is 79.9. The number of hydrogen-bond acceptors (Lipinski definition) is 1. The Kier molecular flexibility index (Phi) is 4.50. The first kappa shape index (κ1) is 13.2. The Labute approximate surface area is 115 Å². The molecule has 1 unspecified atom stereocenters. The van der Waals surface area contributed by atoms with E-state index in [0.717, 1.165) is 12.1 Å². The van der Waals surface area contributed by atoms with Crippen molar-refractivity contribution < 1.29 is 4.39 Å². The second-order valence-electron chi connectivity index (χ2n) is 4.04. The van der Waals surface area contributed by atoms with Crippen LogP contribution >= 0.6 is 15.9 Å². The summed E-state index contributed by atoms with van der Waals surface area (Å²) in [6.07, 6.45) is 0. The van der Waals surface area contributed by atoms with Crippen molar-refractivity contribution in [3.05, 3.63) is 69.9 Å². The highest BCUT2D eigenvalue weighted by molar-refractivity contribution is 9.10. The Balaban J connectivity index is 2.45. The molecule has 0 aromatic heterocycles. The molecule has 2 aromatic carbocycles. The summed E-state index contributed by atoms with van der Waals surface area (Å²) in [5, 5.41) is 3.32. The average Bonchev–Trinajstić information content (AvgIpc) is 2.41. The predicted molar refractivity (Wildman–Crippen MR) is 76.1 cm³/mol. The number of nitrogens with one attached hydrogen (secondary N) is 1. The van der Waals surface area contributed by atoms with Crippen LogP contribution in [0.2, 0.25) is 0 Å². The summed E-state index contributed by atoms with van der Waals surface area (Å²) in [5.74, 6) is -0.202. The number of hydrogen-bond donors (Lipinski definition) is 1. The fourth-order valence-electron chi connectivity index (χ4n) is 2.00. The second kappa shape index (κ2) is 6.12. The fraction of sp³-hybridized carbons (Fsp3) is 0.200. The molecular formula is C15H15BrFN. The Hall–Kier alpha value is -1.19. The Morgan fingerprint density at radius 3 is 2.50 bits per heavy atom. The average molecular weight is 308 g/mol. The van der Waals surface area contributed by atoms with Crippen molar-refractivity contribution >= 4 is 15.9 Å². The molecule has 1 nitrogen and oxygen atoms in total. The fourth-order valence-corrected chi connectivity index (χ4v) is 2.38. The smallest absolute Gasteiger partial charge is 0.142 e. The third kappa shape index (κ3) is 2.79. The minimum absolute atomic E-state index is 0.117. The highest BCUT2D eigenvalue weighted by Gasteiger charge is 2.17. The lowest BCUT2D eigenvalue weighted by Gasteiger charge is -2.20. The molecule has 0 radical (unpaired) electrons. The van der Waals surface area contributed by atoms with Crippen molar-refractivity contribution in [1.29, 1.82) is 0 Å². The van der Waals surface area contributed by atoms with Crippen LogP contribution in [0.1, 0.15) is 24.1 Å². The van der Waals surface area contributed by atoms with Crippen molar-refractivity contribution in [2.24, 2.45) is 0 Å². The summed E-state index contributed by atoms with van der Waals surface area (Å²) < 4.78 is 14.7. The van der Waals surface area contributed by atoms with E-state index in [1.807, 2.05) is 49.4 Å². The lowest BCUT2D eigenvalue weighted by atomic mass is 9.98. The molecule has 0 aliphatic carbocycles. The first-order valence-electron chi connectivity index (χ1n) is 5.96. The van der Waals surface area contributed by atoms with E-state index in [1.165, 1.54) is 0 Å². The van der Waals surface area contributed by atoms with E-state index in [4.69, 9.17) is 0 Å². The zero-order chi connectivity index (χ0) is 13.0. The Morgan fingerprint density at radius 2 is 1.83 bits per heavy atom. The predicted octanol–water partition coefficient (Wildman–Crippen LogP) is 4.29. The van der Waals surface area contributed by atoms with Gasteiger partial charge in [-0.15, -0.1) is 0 Å². The van der Waals surface area contributed by atoms with Gasteiger partial charge in [0, 0.05) is 5.56 Å². The molecule has 0 fully saturated rings. The molecule has 0 saturated carbocycles. The molecule has 3 heteroatoms. The van der Waals surface area contributed by atoms with Crippen LogP contribution in [0.15, 0.2) is 53.0 Å². The third-order valence-corrected chi connectivity index (χ3v) is 3.45. The minimum Gasteiger partial charge on any atom is -0.306 e. The van der Waals surface area contributed by atoms with Crippen LogP contribution in [0, 0.1) is 5.82 Å². The van der Waals surface area contributed by atoms with Gasteiger partial charge in [-0.2, -0.15) is 0 Å². The van der Waals surface area contributed by atoms with Gasteiger partial charge in [-0.3, -0.25) is 0 Å². The first-order chi connectivity index (χ1) is 8.74. The van der Waals surface area contributed by atoms with Crippen LogP contribution in [-0.4, -0.2) is 6.54 Å². The summed E-state index contributed by atoms with van der Waals surface area (Å²) in [4.78, 5) is 0. The van der Waals surface area contributed by atoms with Gasteiger partial charge < -0.3 is 5.32 Å². The molecule has 2 aromatic rings. The molecule has 0 heterocycles. The Bertz CT molecular complexity index is 513. The van der Waals surface area contributed by atoms with Gasteiger partial charge in [-0.1, -0.05) is 49.4 Å². The minimum atomic E-state index is -0.202. The molecule has 0 saturated heterocycles. The summed E-state index contributed by atoms with van der Waals surface area (Å²) >= 11 is 3.24. The van der Waals surface area contributed by atoms with Crippen molar-refractivity contribution in [2.45, 2.75) is 13.0 Å². The molecular weight excluding hydrogens is 293 g/mol. The molecule has 94 valence electrons. The van der Waals surface area contributed by atoms with Crippen molar-refractivity contribution in [1.82, 2.24) is 5.32 Å². The molecule has 1 atom stereocenters. The maximum Gasteiger partial charge on any atom is 0.142 e. The zero-order valence-electron chi connectivity index (χ0n) is 10.2. The highest BCUT2D eigenvalue weighted by Crippen LogP contribution is 2.28. The number of halogens is 2. The van der Waals surface area contributed by atoms with Crippen LogP contribution in [0.25, 0.3) is 0 Å². The standard InChI is InChI=1S/C15H15BrFN/c1-2-18-15(11-7-4-3-5-8-11)12-9-6-10-13(16)14(12)17/h3-10,15,18H,2H2,1H3. The van der Waals surface area contributed by atoms with Gasteiger partial charge in [0.1, 0.15) is 5.82 Å². The largest absolute Gasteiger partial charge is 0.306 e. The summed E-state index contributed by atoms with van der Waals surface area (Å²) in [6.45, 7) is 2.80. The van der Waals surface area contributed by atoms with Gasteiger partial charge in [-0.05, 0) is 34.1 Å². The molecule has 0 aliphatic rings. The monoisotopic (exact) mass is 307 g/mol. The van der Waals surface area contributed by atoms with E-state index in [-0.39, 0.29) is 11.9 Å². The summed E-state index contributed by atoms with van der Waals surface area (Å²) in [7, 11) is 0. The third-order valence-electron chi connectivity index (χ3n) is 2.83. The normalized spacial score (nSPS) is 12.4. The van der Waals surface area contributed by atoms with Gasteiger partial charge in [-0.25, -0.2) is 4.39 Å². The van der Waals surface area contributed by atoms with Gasteiger partial charge in [0.2, 0.25) is 0 Å². The molecule has 1 N–H and O–H groups in total. The number of benzene rings is 2. The molecule has 0 bridgehead atoms. The molecule has 2 rings (SSSR count). The number of rotatable bonds is 4. The Morgan fingerprint density at radius 1 is 1.11 bits per heavy atom. The maximum atomic E-state index is 14.2. The van der Waals surface area contributed by atoms with E-state index in [1.54, 1.807) is 6.07 Å². The van der Waals surface area contributed by atoms with Crippen molar-refractivity contribution in [3.63, 3.8) is 0 Å². The van der Waals surface area contributed by atoms with Gasteiger partial charge in [0.25, 0.3) is 0 Å². The topological polar surface area (TPSA) is 12.0 Å². The van der Waals surface area contributed by atoms with E-state index in [0.29, 0.717) is 10.0 Å². The molecule has 0 aliphatic heterocycles. The van der Waals surface area contributed by atoms with Crippen LogP contribution in [0.3, 0.4) is 0 Å². The quantitative estimate of drug-likeness (QED) is 0.888. The van der Waals surface area contributed by atoms with Gasteiger partial charge in [0.15, 0.2) is 0 Å². The molecule has 0 amide bonds. The van der Waals surface area contributed by atoms with Crippen LogP contribution < -0.4 is 5.32 Å². The van der Waals surface area contributed by atoms with Crippen LogP contribution in [-0.2, 0) is 0 Å². The van der Waals surface area contributed by atoms with Crippen LogP contribution in [0.4, 0.5) is 4.39 Å². The molecule has 18 heavy (non-hydrogen) atoms. The summed E-state index contributed by atoms with van der Waals surface area (Å²) in [6, 6.07) is 15.2. The maximum absolute atomic E-state index is 14.2. The van der Waals surface area contributed by atoms with E-state index >= 15 is 0 Å². The second-order valence-corrected chi connectivity index (χ2v) is 4.90. The van der Waals surface area contributed by atoms with E-state index < -0.39 is 0 Å². The van der Waals surface area contributed by atoms with Gasteiger partial charge in [0.05, 0.1) is 10.5 Å². The lowest BCUT2D eigenvalue weighted by molar-refractivity contribution is 0.555. The van der Waals surface area contributed by atoms with Crippen molar-refractivity contribution in [3.8, 4) is 0 Å².